The number of nitrogens with one attached hydrogen (secondary N) is 1. The number of H-pyrrole nitrogens is 1. The van der Waals surface area contributed by atoms with Crippen LogP contribution in [0.2, 0.25) is 0 Å². The third-order valence-corrected chi connectivity index (χ3v) is 6.12. The Bertz CT molecular complexity index is 1020. The number of piperazine rings is 1. The van der Waals surface area contributed by atoms with Gasteiger partial charge in [-0.3, -0.25) is 9.36 Å². The number of rotatable bonds is 2. The summed E-state index contributed by atoms with van der Waals surface area (Å²) in [6.45, 7) is 7.64. The summed E-state index contributed by atoms with van der Waals surface area (Å²) in [5.41, 5.74) is 2.27. The molecule has 1 aliphatic carbocycles. The number of amides is 2. The number of aromatic amines is 1. The maximum atomic E-state index is 12.9. The van der Waals surface area contributed by atoms with Crippen LogP contribution >= 0.6 is 0 Å². The SMILES string of the molecule is Cn1c(=O)[nH]c2cccc([C@H]3C[C@H](C(=O)N4CCN(C(=O)OC(C)(C)C)CC4)C3)c21. The van der Waals surface area contributed by atoms with Crippen molar-refractivity contribution in [2.75, 3.05) is 26.2 Å². The third-order valence-electron chi connectivity index (χ3n) is 6.12. The molecule has 30 heavy (non-hydrogen) atoms. The minimum atomic E-state index is -0.517. The largest absolute Gasteiger partial charge is 0.444 e. The van der Waals surface area contributed by atoms with Gasteiger partial charge in [0.05, 0.1) is 11.0 Å². The lowest BCUT2D eigenvalue weighted by molar-refractivity contribution is -0.140. The van der Waals surface area contributed by atoms with Crippen molar-refractivity contribution in [1.82, 2.24) is 19.4 Å². The molecule has 1 saturated carbocycles. The summed E-state index contributed by atoms with van der Waals surface area (Å²) in [4.78, 5) is 43.5. The number of aryl methyl sites for hydroxylation is 1. The van der Waals surface area contributed by atoms with Gasteiger partial charge in [0, 0.05) is 39.1 Å². The zero-order valence-electron chi connectivity index (χ0n) is 18.1. The molecule has 2 heterocycles. The molecule has 2 aromatic rings. The van der Waals surface area contributed by atoms with E-state index in [-0.39, 0.29) is 29.5 Å². The van der Waals surface area contributed by atoms with Crippen molar-refractivity contribution in [2.45, 2.75) is 45.1 Å². The summed E-state index contributed by atoms with van der Waals surface area (Å²) < 4.78 is 7.07. The molecule has 0 atom stereocenters. The molecule has 0 radical (unpaired) electrons. The molecule has 4 rings (SSSR count). The van der Waals surface area contributed by atoms with E-state index in [4.69, 9.17) is 4.74 Å². The van der Waals surface area contributed by atoms with Gasteiger partial charge in [0.25, 0.3) is 0 Å². The average molecular weight is 415 g/mol. The zero-order chi connectivity index (χ0) is 21.6. The molecule has 1 aromatic heterocycles. The van der Waals surface area contributed by atoms with Crippen LogP contribution in [0.5, 0.6) is 0 Å². The first-order chi connectivity index (χ1) is 14.1. The van der Waals surface area contributed by atoms with E-state index < -0.39 is 5.60 Å². The smallest absolute Gasteiger partial charge is 0.410 e. The molecule has 0 spiro atoms. The maximum Gasteiger partial charge on any atom is 0.410 e. The first-order valence-corrected chi connectivity index (χ1v) is 10.6. The quantitative estimate of drug-likeness (QED) is 0.818. The van der Waals surface area contributed by atoms with Crippen LogP contribution in [-0.2, 0) is 16.6 Å². The van der Waals surface area contributed by atoms with Gasteiger partial charge in [0.15, 0.2) is 0 Å². The normalized spacial score (nSPS) is 22.1. The van der Waals surface area contributed by atoms with Gasteiger partial charge in [-0.2, -0.15) is 0 Å². The average Bonchev–Trinajstić information content (AvgIpc) is 2.94. The number of hydrogen-bond acceptors (Lipinski definition) is 4. The van der Waals surface area contributed by atoms with Crippen molar-refractivity contribution >= 4 is 23.0 Å². The van der Waals surface area contributed by atoms with Gasteiger partial charge in [0.2, 0.25) is 5.91 Å². The molecule has 162 valence electrons. The molecular weight excluding hydrogens is 384 g/mol. The van der Waals surface area contributed by atoms with E-state index in [1.54, 1.807) is 16.5 Å². The molecule has 8 nitrogen and oxygen atoms in total. The topological polar surface area (TPSA) is 87.6 Å². The lowest BCUT2D eigenvalue weighted by atomic mass is 9.70. The Morgan fingerprint density at radius 1 is 1.07 bits per heavy atom. The number of para-hydroxylation sites is 1. The summed E-state index contributed by atoms with van der Waals surface area (Å²) in [5.74, 6) is 0.464. The Kier molecular flexibility index (Phi) is 5.11. The number of nitrogens with zero attached hydrogens (tertiary/aromatic N) is 3. The van der Waals surface area contributed by atoms with Crippen LogP contribution in [0, 0.1) is 5.92 Å². The highest BCUT2D eigenvalue weighted by Gasteiger charge is 2.39. The molecule has 1 saturated heterocycles. The van der Waals surface area contributed by atoms with Crippen LogP contribution in [0.1, 0.15) is 45.1 Å². The van der Waals surface area contributed by atoms with Crippen LogP contribution in [-0.4, -0.2) is 63.1 Å². The summed E-state index contributed by atoms with van der Waals surface area (Å²) in [6, 6.07) is 5.92. The number of carbonyl (C=O) groups excluding carboxylic acids is 2. The Labute approximate surface area is 175 Å². The number of carbonyl (C=O) groups is 2. The number of imidazole rings is 1. The Balaban J connectivity index is 1.34. The van der Waals surface area contributed by atoms with Crippen LogP contribution in [0.25, 0.3) is 11.0 Å². The molecule has 1 aromatic carbocycles. The van der Waals surface area contributed by atoms with E-state index in [0.717, 1.165) is 29.4 Å². The Hall–Kier alpha value is -2.77. The number of hydrogen-bond donors (Lipinski definition) is 1. The van der Waals surface area contributed by atoms with E-state index >= 15 is 0 Å². The van der Waals surface area contributed by atoms with Crippen molar-refractivity contribution in [3.63, 3.8) is 0 Å². The van der Waals surface area contributed by atoms with Gasteiger partial charge in [-0.25, -0.2) is 9.59 Å². The van der Waals surface area contributed by atoms with Crippen molar-refractivity contribution in [3.8, 4) is 0 Å². The monoisotopic (exact) mass is 414 g/mol. The Morgan fingerprint density at radius 2 is 1.70 bits per heavy atom. The molecule has 2 aliphatic rings. The minimum absolute atomic E-state index is 0.00861. The molecule has 2 fully saturated rings. The fourth-order valence-electron chi connectivity index (χ4n) is 4.43. The number of fused-ring (bicyclic) bond motifs is 1. The number of benzene rings is 1. The first kappa shape index (κ1) is 20.5. The Morgan fingerprint density at radius 3 is 2.33 bits per heavy atom. The van der Waals surface area contributed by atoms with Gasteiger partial charge in [0.1, 0.15) is 5.60 Å². The molecule has 0 unspecified atom stereocenters. The maximum absolute atomic E-state index is 12.9. The summed E-state index contributed by atoms with van der Waals surface area (Å²) in [7, 11) is 1.77. The summed E-state index contributed by atoms with van der Waals surface area (Å²) in [6.07, 6.45) is 1.27. The fraction of sp³-hybridized carbons (Fsp3) is 0.591. The first-order valence-electron chi connectivity index (χ1n) is 10.6. The van der Waals surface area contributed by atoms with Gasteiger partial charge in [-0.15, -0.1) is 0 Å². The third kappa shape index (κ3) is 3.82. The predicted molar refractivity (Wildman–Crippen MR) is 113 cm³/mol. The molecule has 0 bridgehead atoms. The number of aromatic nitrogens is 2. The molecule has 1 aliphatic heterocycles. The predicted octanol–water partition coefficient (Wildman–Crippen LogP) is 2.44. The zero-order valence-corrected chi connectivity index (χ0v) is 18.1. The second-order valence-corrected chi connectivity index (χ2v) is 9.39. The van der Waals surface area contributed by atoms with Crippen LogP contribution in [0.4, 0.5) is 4.79 Å². The minimum Gasteiger partial charge on any atom is -0.444 e. The highest BCUT2D eigenvalue weighted by Crippen LogP contribution is 2.44. The molecule has 1 N–H and O–H groups in total. The van der Waals surface area contributed by atoms with Crippen LogP contribution in [0.3, 0.4) is 0 Å². The summed E-state index contributed by atoms with van der Waals surface area (Å²) in [5, 5.41) is 0. The summed E-state index contributed by atoms with van der Waals surface area (Å²) >= 11 is 0. The van der Waals surface area contributed by atoms with E-state index in [9.17, 15) is 14.4 Å². The van der Waals surface area contributed by atoms with Gasteiger partial charge >= 0.3 is 11.8 Å². The van der Waals surface area contributed by atoms with E-state index in [2.05, 4.69) is 11.1 Å². The molecular formula is C22H30N4O4. The van der Waals surface area contributed by atoms with Crippen molar-refractivity contribution < 1.29 is 14.3 Å². The molecule has 2 amide bonds. The van der Waals surface area contributed by atoms with Crippen LogP contribution < -0.4 is 5.69 Å². The van der Waals surface area contributed by atoms with Crippen molar-refractivity contribution in [3.05, 3.63) is 34.2 Å². The van der Waals surface area contributed by atoms with Gasteiger partial charge in [-0.1, -0.05) is 12.1 Å². The standard InChI is InChI=1S/C22H30N4O4/c1-22(2,3)30-21(29)26-10-8-25(9-11-26)19(27)15-12-14(13-15)16-6-5-7-17-18(16)24(4)20(28)23-17/h5-7,14-15H,8-13H2,1-4H3,(H,23,28)/t14-,15-. The molecule has 8 heteroatoms. The fourth-order valence-corrected chi connectivity index (χ4v) is 4.43. The van der Waals surface area contributed by atoms with E-state index in [1.807, 2.05) is 37.8 Å². The van der Waals surface area contributed by atoms with E-state index in [0.29, 0.717) is 26.2 Å². The van der Waals surface area contributed by atoms with E-state index in [1.165, 1.54) is 0 Å². The van der Waals surface area contributed by atoms with Crippen LogP contribution in [0.15, 0.2) is 23.0 Å². The second-order valence-electron chi connectivity index (χ2n) is 9.39. The van der Waals surface area contributed by atoms with Crippen molar-refractivity contribution in [2.24, 2.45) is 13.0 Å². The number of ether oxygens (including phenoxy) is 1. The van der Waals surface area contributed by atoms with Gasteiger partial charge in [-0.05, 0) is 51.2 Å². The highest BCUT2D eigenvalue weighted by atomic mass is 16.6. The van der Waals surface area contributed by atoms with Crippen molar-refractivity contribution in [1.29, 1.82) is 0 Å². The highest BCUT2D eigenvalue weighted by molar-refractivity contribution is 5.83. The van der Waals surface area contributed by atoms with Gasteiger partial charge < -0.3 is 19.5 Å². The lowest BCUT2D eigenvalue weighted by Gasteiger charge is -2.41. The second kappa shape index (κ2) is 7.49. The lowest BCUT2D eigenvalue weighted by Crippen LogP contribution is -2.53.